The fraction of sp³-hybridized carbons (Fsp3) is 0.353. The van der Waals surface area contributed by atoms with Crippen molar-refractivity contribution in [2.45, 2.75) is 37.8 Å². The number of rotatable bonds is 3. The van der Waals surface area contributed by atoms with Gasteiger partial charge in [-0.15, -0.1) is 0 Å². The zero-order chi connectivity index (χ0) is 18.5. The summed E-state index contributed by atoms with van der Waals surface area (Å²) in [5.41, 5.74) is -0.522. The summed E-state index contributed by atoms with van der Waals surface area (Å²) < 4.78 is 53.5. The molecule has 9 heteroatoms. The van der Waals surface area contributed by atoms with Gasteiger partial charge < -0.3 is 4.98 Å². The molecule has 0 bridgehead atoms. The lowest BCUT2D eigenvalue weighted by molar-refractivity contribution is -0.140. The second-order valence-corrected chi connectivity index (χ2v) is 6.43. The summed E-state index contributed by atoms with van der Waals surface area (Å²) in [6, 6.07) is 2.80. The maximum absolute atomic E-state index is 13.5. The van der Waals surface area contributed by atoms with E-state index >= 15 is 0 Å². The highest BCUT2D eigenvalue weighted by atomic mass is 19.4. The number of nitrogens with zero attached hydrogens (tertiary/aromatic N) is 3. The Kier molecular flexibility index (Phi) is 3.82. The van der Waals surface area contributed by atoms with E-state index in [1.807, 2.05) is 0 Å². The van der Waals surface area contributed by atoms with Crippen LogP contribution in [0, 0.1) is 5.82 Å². The Balaban J connectivity index is 1.82. The highest BCUT2D eigenvalue weighted by molar-refractivity contribution is 5.38. The minimum atomic E-state index is -4.79. The van der Waals surface area contributed by atoms with Crippen LogP contribution < -0.4 is 5.56 Å². The van der Waals surface area contributed by atoms with Crippen LogP contribution in [0.5, 0.6) is 0 Å². The van der Waals surface area contributed by atoms with E-state index in [1.54, 1.807) is 0 Å². The maximum atomic E-state index is 13.5. The van der Waals surface area contributed by atoms with Gasteiger partial charge in [0.05, 0.1) is 5.56 Å². The first-order valence-corrected chi connectivity index (χ1v) is 8.15. The van der Waals surface area contributed by atoms with Crippen LogP contribution in [0.4, 0.5) is 17.6 Å². The highest BCUT2D eigenvalue weighted by Gasteiger charge is 2.34. The average molecular weight is 366 g/mol. The van der Waals surface area contributed by atoms with Crippen molar-refractivity contribution >= 4 is 5.78 Å². The summed E-state index contributed by atoms with van der Waals surface area (Å²) in [5, 5.41) is 3.86. The molecular formula is C17H14F4N4O. The third-order valence-corrected chi connectivity index (χ3v) is 4.80. The van der Waals surface area contributed by atoms with Crippen molar-refractivity contribution in [2.75, 3.05) is 0 Å². The molecule has 0 unspecified atom stereocenters. The van der Waals surface area contributed by atoms with E-state index in [9.17, 15) is 22.4 Å². The van der Waals surface area contributed by atoms with Gasteiger partial charge in [0.1, 0.15) is 12.1 Å². The van der Waals surface area contributed by atoms with Crippen molar-refractivity contribution in [2.24, 2.45) is 0 Å². The van der Waals surface area contributed by atoms with E-state index in [2.05, 4.69) is 15.1 Å². The van der Waals surface area contributed by atoms with E-state index in [0.717, 1.165) is 35.9 Å². The van der Waals surface area contributed by atoms with Gasteiger partial charge in [-0.25, -0.2) is 4.39 Å². The molecule has 0 spiro atoms. The Morgan fingerprint density at radius 1 is 1.27 bits per heavy atom. The van der Waals surface area contributed by atoms with Gasteiger partial charge in [-0.3, -0.25) is 4.79 Å². The normalized spacial score (nSPS) is 15.4. The molecule has 1 fully saturated rings. The quantitative estimate of drug-likeness (QED) is 0.723. The molecule has 1 N–H and O–H groups in total. The van der Waals surface area contributed by atoms with Crippen LogP contribution in [0.25, 0.3) is 5.78 Å². The van der Waals surface area contributed by atoms with Crippen molar-refractivity contribution in [1.29, 1.82) is 0 Å². The lowest BCUT2D eigenvalue weighted by Gasteiger charge is -2.27. The molecule has 5 nitrogen and oxygen atoms in total. The molecule has 26 heavy (non-hydrogen) atoms. The van der Waals surface area contributed by atoms with E-state index in [-0.39, 0.29) is 17.9 Å². The first kappa shape index (κ1) is 16.7. The van der Waals surface area contributed by atoms with E-state index < -0.39 is 23.1 Å². The smallest absolute Gasteiger partial charge is 0.327 e. The molecule has 136 valence electrons. The predicted octanol–water partition coefficient (Wildman–Crippen LogP) is 3.43. The summed E-state index contributed by atoms with van der Waals surface area (Å²) in [6.45, 7) is 0. The number of hydrogen-bond donors (Lipinski definition) is 1. The largest absolute Gasteiger partial charge is 0.419 e. The van der Waals surface area contributed by atoms with Gasteiger partial charge >= 0.3 is 6.18 Å². The van der Waals surface area contributed by atoms with Gasteiger partial charge in [0, 0.05) is 17.7 Å². The SMILES string of the molecule is O=c1c(Cc2ccc(F)c(C(F)(F)F)c2)c(C2CCC2)[nH]c2ncnn12. The van der Waals surface area contributed by atoms with Crippen LogP contribution in [0.2, 0.25) is 0 Å². The molecule has 1 aliphatic carbocycles. The molecule has 2 heterocycles. The molecule has 2 aromatic heterocycles. The number of benzene rings is 1. The van der Waals surface area contributed by atoms with E-state index in [1.165, 1.54) is 12.4 Å². The maximum Gasteiger partial charge on any atom is 0.419 e. The number of nitrogens with one attached hydrogen (secondary N) is 1. The minimum Gasteiger partial charge on any atom is -0.327 e. The molecule has 1 saturated carbocycles. The fourth-order valence-corrected chi connectivity index (χ4v) is 3.23. The Hall–Kier alpha value is -2.71. The summed E-state index contributed by atoms with van der Waals surface area (Å²) in [7, 11) is 0. The number of alkyl halides is 3. The number of hydrogen-bond acceptors (Lipinski definition) is 3. The highest BCUT2D eigenvalue weighted by Crippen LogP contribution is 2.37. The third kappa shape index (κ3) is 2.77. The Morgan fingerprint density at radius 3 is 2.69 bits per heavy atom. The second-order valence-electron chi connectivity index (χ2n) is 6.43. The van der Waals surface area contributed by atoms with Crippen LogP contribution in [-0.4, -0.2) is 19.6 Å². The van der Waals surface area contributed by atoms with Crippen molar-refractivity contribution in [3.05, 3.63) is 63.1 Å². The monoisotopic (exact) mass is 366 g/mol. The van der Waals surface area contributed by atoms with Crippen LogP contribution in [0.15, 0.2) is 29.3 Å². The molecule has 1 aliphatic rings. The van der Waals surface area contributed by atoms with Gasteiger partial charge in [-0.2, -0.15) is 27.8 Å². The molecule has 0 radical (unpaired) electrons. The minimum absolute atomic E-state index is 0.0413. The number of aromatic nitrogens is 4. The number of H-pyrrole nitrogens is 1. The summed E-state index contributed by atoms with van der Waals surface area (Å²) in [5.74, 6) is -0.890. The molecular weight excluding hydrogens is 352 g/mol. The molecule has 3 aromatic rings. The number of fused-ring (bicyclic) bond motifs is 1. The van der Waals surface area contributed by atoms with Crippen molar-refractivity contribution in [3.63, 3.8) is 0 Å². The molecule has 0 amide bonds. The Labute approximate surface area is 144 Å². The standard InChI is InChI=1S/C17H14F4N4O/c18-13-5-4-9(7-12(13)17(19,20)21)6-11-14(10-2-1-3-10)24-16-22-8-23-25(16)15(11)26/h4-5,7-8,10H,1-3,6H2,(H,22,23,24). The number of halogens is 4. The zero-order valence-corrected chi connectivity index (χ0v) is 13.5. The molecule has 0 aliphatic heterocycles. The average Bonchev–Trinajstić information content (AvgIpc) is 2.98. The number of aromatic amines is 1. The van der Waals surface area contributed by atoms with Crippen molar-refractivity contribution in [3.8, 4) is 0 Å². The zero-order valence-electron chi connectivity index (χ0n) is 13.5. The predicted molar refractivity (Wildman–Crippen MR) is 84.4 cm³/mol. The van der Waals surface area contributed by atoms with Crippen LogP contribution in [-0.2, 0) is 12.6 Å². The second kappa shape index (κ2) is 5.93. The van der Waals surface area contributed by atoms with Crippen molar-refractivity contribution in [1.82, 2.24) is 19.6 Å². The molecule has 1 aromatic carbocycles. The third-order valence-electron chi connectivity index (χ3n) is 4.80. The van der Waals surface area contributed by atoms with E-state index in [0.29, 0.717) is 17.0 Å². The first-order valence-electron chi connectivity index (χ1n) is 8.15. The summed E-state index contributed by atoms with van der Waals surface area (Å²) in [6.07, 6.45) is -0.783. The van der Waals surface area contributed by atoms with Crippen molar-refractivity contribution < 1.29 is 17.6 Å². The van der Waals surface area contributed by atoms with Gasteiger partial charge in [-0.05, 0) is 36.5 Å². The summed E-state index contributed by atoms with van der Waals surface area (Å²) in [4.78, 5) is 19.8. The lowest BCUT2D eigenvalue weighted by Crippen LogP contribution is -2.26. The molecule has 0 atom stereocenters. The van der Waals surface area contributed by atoms with Crippen LogP contribution in [0.1, 0.15) is 47.6 Å². The Morgan fingerprint density at radius 2 is 2.04 bits per heavy atom. The van der Waals surface area contributed by atoms with Gasteiger partial charge in [-0.1, -0.05) is 12.5 Å². The summed E-state index contributed by atoms with van der Waals surface area (Å²) >= 11 is 0. The molecule has 0 saturated heterocycles. The Bertz CT molecular complexity index is 1030. The lowest BCUT2D eigenvalue weighted by atomic mass is 9.80. The van der Waals surface area contributed by atoms with E-state index in [4.69, 9.17) is 0 Å². The fourth-order valence-electron chi connectivity index (χ4n) is 3.23. The topological polar surface area (TPSA) is 63.0 Å². The van der Waals surface area contributed by atoms with Gasteiger partial charge in [0.15, 0.2) is 0 Å². The van der Waals surface area contributed by atoms with Gasteiger partial charge in [0.25, 0.3) is 5.56 Å². The van der Waals surface area contributed by atoms with Crippen LogP contribution >= 0.6 is 0 Å². The molecule has 4 rings (SSSR count). The van der Waals surface area contributed by atoms with Crippen LogP contribution in [0.3, 0.4) is 0 Å². The van der Waals surface area contributed by atoms with Gasteiger partial charge in [0.2, 0.25) is 5.78 Å². The first-order chi connectivity index (χ1) is 12.3.